The molecule has 1 fully saturated rings. The van der Waals surface area contributed by atoms with Crippen LogP contribution < -0.4 is 9.47 Å². The van der Waals surface area contributed by atoms with Crippen molar-refractivity contribution >= 4 is 5.78 Å². The molecule has 1 aromatic carbocycles. The van der Waals surface area contributed by atoms with Gasteiger partial charge in [0.1, 0.15) is 11.7 Å². The number of benzene rings is 1. The van der Waals surface area contributed by atoms with Gasteiger partial charge in [-0.1, -0.05) is 0 Å². The summed E-state index contributed by atoms with van der Waals surface area (Å²) in [7, 11) is 2.90. The number of rotatable bonds is 4. The first kappa shape index (κ1) is 14.9. The molecule has 0 spiro atoms. The summed E-state index contributed by atoms with van der Waals surface area (Å²) in [4.78, 5) is 11.8. The lowest BCUT2D eigenvalue weighted by molar-refractivity contribution is -0.132. The summed E-state index contributed by atoms with van der Waals surface area (Å²) in [5.74, 6) is 0.150. The Labute approximate surface area is 127 Å². The van der Waals surface area contributed by atoms with E-state index in [1.165, 1.54) is 20.3 Å². The van der Waals surface area contributed by atoms with Gasteiger partial charge in [0.05, 0.1) is 20.8 Å². The minimum absolute atomic E-state index is 0.0831. The van der Waals surface area contributed by atoms with Crippen LogP contribution in [0.3, 0.4) is 0 Å². The predicted octanol–water partition coefficient (Wildman–Crippen LogP) is 1.15. The van der Waals surface area contributed by atoms with Gasteiger partial charge in [-0.2, -0.15) is 0 Å². The smallest absolute Gasteiger partial charge is 0.200 e. The highest BCUT2D eigenvalue weighted by atomic mass is 16.5. The first-order valence-electron chi connectivity index (χ1n) is 7.01. The minimum Gasteiger partial charge on any atom is -0.502 e. The fourth-order valence-corrected chi connectivity index (χ4v) is 3.20. The van der Waals surface area contributed by atoms with Crippen LogP contribution in [-0.4, -0.2) is 48.5 Å². The average molecular weight is 306 g/mol. The van der Waals surface area contributed by atoms with E-state index in [-0.39, 0.29) is 35.6 Å². The van der Waals surface area contributed by atoms with Gasteiger partial charge in [-0.25, -0.2) is 0 Å². The van der Waals surface area contributed by atoms with E-state index in [1.807, 2.05) is 0 Å². The maximum absolute atomic E-state index is 11.8. The fraction of sp³-hybridized carbons (Fsp3) is 0.438. The SMILES string of the molecule is COc1cc(C2CC3OC2(CO)C=CC3=O)cc(OC)c1O. The zero-order valence-corrected chi connectivity index (χ0v) is 12.4. The Hall–Kier alpha value is -2.05. The van der Waals surface area contributed by atoms with Gasteiger partial charge < -0.3 is 24.4 Å². The van der Waals surface area contributed by atoms with Crippen LogP contribution in [0.2, 0.25) is 0 Å². The molecule has 0 amide bonds. The number of methoxy groups -OCH3 is 2. The first-order valence-corrected chi connectivity index (χ1v) is 7.01. The number of aliphatic hydroxyl groups excluding tert-OH is 1. The lowest BCUT2D eigenvalue weighted by atomic mass is 9.82. The summed E-state index contributed by atoms with van der Waals surface area (Å²) < 4.78 is 16.1. The van der Waals surface area contributed by atoms with Crippen molar-refractivity contribution < 1.29 is 29.2 Å². The zero-order valence-electron chi connectivity index (χ0n) is 12.4. The van der Waals surface area contributed by atoms with Crippen LogP contribution in [0, 0.1) is 0 Å². The highest BCUT2D eigenvalue weighted by Gasteiger charge is 2.51. The van der Waals surface area contributed by atoms with Gasteiger partial charge in [0, 0.05) is 5.92 Å². The molecule has 3 atom stereocenters. The summed E-state index contributed by atoms with van der Waals surface area (Å²) in [6.07, 6.45) is 3.01. The summed E-state index contributed by atoms with van der Waals surface area (Å²) in [6, 6.07) is 3.37. The van der Waals surface area contributed by atoms with Gasteiger partial charge in [0.15, 0.2) is 17.3 Å². The standard InChI is InChI=1S/C16H18O6/c1-20-13-5-9(6-14(21-2)15(13)19)10-7-12-11(18)3-4-16(10,8-17)22-12/h3-6,10,12,17,19H,7-8H2,1-2H3. The lowest BCUT2D eigenvalue weighted by Gasteiger charge is -2.31. The molecule has 2 N–H and O–H groups in total. The number of ether oxygens (including phenoxy) is 3. The van der Waals surface area contributed by atoms with Gasteiger partial charge in [-0.3, -0.25) is 4.79 Å². The van der Waals surface area contributed by atoms with E-state index in [9.17, 15) is 15.0 Å². The third-order valence-corrected chi connectivity index (χ3v) is 4.40. The van der Waals surface area contributed by atoms with E-state index in [1.54, 1.807) is 18.2 Å². The normalized spacial score (nSPS) is 29.7. The molecule has 2 heterocycles. The maximum Gasteiger partial charge on any atom is 0.200 e. The van der Waals surface area contributed by atoms with E-state index in [2.05, 4.69) is 0 Å². The van der Waals surface area contributed by atoms with Crippen LogP contribution in [0.5, 0.6) is 17.2 Å². The molecular weight excluding hydrogens is 288 g/mol. The Kier molecular flexibility index (Phi) is 3.58. The average Bonchev–Trinajstić information content (AvgIpc) is 2.87. The van der Waals surface area contributed by atoms with Crippen molar-refractivity contribution in [3.05, 3.63) is 29.8 Å². The number of phenols is 1. The van der Waals surface area contributed by atoms with Crippen molar-refractivity contribution in [1.29, 1.82) is 0 Å². The molecular formula is C16H18O6. The van der Waals surface area contributed by atoms with E-state index in [0.29, 0.717) is 6.42 Å². The van der Waals surface area contributed by atoms with Crippen molar-refractivity contribution in [1.82, 2.24) is 0 Å². The van der Waals surface area contributed by atoms with Crippen LogP contribution >= 0.6 is 0 Å². The topological polar surface area (TPSA) is 85.2 Å². The number of carbonyl (C=O) groups is 1. The molecule has 0 saturated carbocycles. The molecule has 1 saturated heterocycles. The van der Waals surface area contributed by atoms with Crippen LogP contribution in [-0.2, 0) is 9.53 Å². The largest absolute Gasteiger partial charge is 0.502 e. The maximum atomic E-state index is 11.8. The predicted molar refractivity (Wildman–Crippen MR) is 77.4 cm³/mol. The quantitative estimate of drug-likeness (QED) is 0.868. The Morgan fingerprint density at radius 1 is 1.32 bits per heavy atom. The molecule has 118 valence electrons. The van der Waals surface area contributed by atoms with Crippen molar-refractivity contribution in [3.8, 4) is 17.2 Å². The van der Waals surface area contributed by atoms with Gasteiger partial charge in [0.2, 0.25) is 5.75 Å². The van der Waals surface area contributed by atoms with Crippen molar-refractivity contribution in [3.63, 3.8) is 0 Å². The molecule has 3 rings (SSSR count). The first-order chi connectivity index (χ1) is 10.5. The molecule has 1 aromatic rings. The second-order valence-electron chi connectivity index (χ2n) is 5.52. The van der Waals surface area contributed by atoms with Crippen molar-refractivity contribution in [2.75, 3.05) is 20.8 Å². The van der Waals surface area contributed by atoms with Gasteiger partial charge in [-0.05, 0) is 36.3 Å². The molecule has 2 bridgehead atoms. The molecule has 0 aromatic heterocycles. The third kappa shape index (κ3) is 2.07. The highest BCUT2D eigenvalue weighted by Crippen LogP contribution is 2.49. The van der Waals surface area contributed by atoms with Gasteiger partial charge >= 0.3 is 0 Å². The number of aromatic hydroxyl groups is 1. The number of phenolic OH excluding ortho intramolecular Hbond substituents is 1. The minimum atomic E-state index is -0.925. The lowest BCUT2D eigenvalue weighted by Crippen LogP contribution is -2.39. The Morgan fingerprint density at radius 3 is 2.50 bits per heavy atom. The van der Waals surface area contributed by atoms with E-state index >= 15 is 0 Å². The van der Waals surface area contributed by atoms with Gasteiger partial charge in [0.25, 0.3) is 0 Å². The van der Waals surface area contributed by atoms with E-state index in [4.69, 9.17) is 14.2 Å². The van der Waals surface area contributed by atoms with Crippen LogP contribution in [0.1, 0.15) is 17.9 Å². The van der Waals surface area contributed by atoms with Crippen LogP contribution in [0.4, 0.5) is 0 Å². The highest BCUT2D eigenvalue weighted by molar-refractivity contribution is 5.95. The molecule has 22 heavy (non-hydrogen) atoms. The van der Waals surface area contributed by atoms with Crippen LogP contribution in [0.25, 0.3) is 0 Å². The Bertz CT molecular complexity index is 613. The molecule has 0 radical (unpaired) electrons. The van der Waals surface area contributed by atoms with E-state index in [0.717, 1.165) is 5.56 Å². The fourth-order valence-electron chi connectivity index (χ4n) is 3.20. The molecule has 2 aliphatic heterocycles. The number of fused-ring (bicyclic) bond motifs is 2. The summed E-state index contributed by atoms with van der Waals surface area (Å²) in [6.45, 7) is -0.233. The molecule has 6 heteroatoms. The third-order valence-electron chi connectivity index (χ3n) is 4.40. The Morgan fingerprint density at radius 2 is 1.95 bits per heavy atom. The molecule has 3 unspecified atom stereocenters. The second kappa shape index (κ2) is 5.30. The second-order valence-corrected chi connectivity index (χ2v) is 5.52. The van der Waals surface area contributed by atoms with Crippen molar-refractivity contribution in [2.24, 2.45) is 0 Å². The number of ketones is 1. The van der Waals surface area contributed by atoms with Crippen LogP contribution in [0.15, 0.2) is 24.3 Å². The summed E-state index contributed by atoms with van der Waals surface area (Å²) in [5, 5.41) is 19.8. The van der Waals surface area contributed by atoms with Crippen molar-refractivity contribution in [2.45, 2.75) is 24.0 Å². The molecule has 6 nitrogen and oxygen atoms in total. The number of carbonyl (C=O) groups excluding carboxylic acids is 1. The van der Waals surface area contributed by atoms with Gasteiger partial charge in [-0.15, -0.1) is 0 Å². The molecule has 0 aliphatic carbocycles. The number of hydrogen-bond acceptors (Lipinski definition) is 6. The summed E-state index contributed by atoms with van der Waals surface area (Å²) >= 11 is 0. The number of aliphatic hydroxyl groups is 1. The Balaban J connectivity index is 2.08. The summed E-state index contributed by atoms with van der Waals surface area (Å²) in [5.41, 5.74) is -0.145. The molecule has 2 aliphatic rings. The number of hydrogen-bond donors (Lipinski definition) is 2. The zero-order chi connectivity index (χ0) is 15.9. The monoisotopic (exact) mass is 306 g/mol. The van der Waals surface area contributed by atoms with E-state index < -0.39 is 11.7 Å².